The molecule has 17 heavy (non-hydrogen) atoms. The van der Waals surface area contributed by atoms with Crippen molar-refractivity contribution in [3.63, 3.8) is 0 Å². The predicted octanol–water partition coefficient (Wildman–Crippen LogP) is 1.48. The highest BCUT2D eigenvalue weighted by Gasteiger charge is 2.09. The summed E-state index contributed by atoms with van der Waals surface area (Å²) in [4.78, 5) is 27.2. The molecule has 2 aromatic rings. The number of rotatable bonds is 2. The van der Waals surface area contributed by atoms with Gasteiger partial charge >= 0.3 is 0 Å². The fourth-order valence-electron chi connectivity index (χ4n) is 1.17. The van der Waals surface area contributed by atoms with Crippen molar-refractivity contribution in [1.82, 2.24) is 19.9 Å². The molecule has 0 aliphatic heterocycles. The van der Waals surface area contributed by atoms with Crippen LogP contribution < -0.4 is 5.32 Å². The van der Waals surface area contributed by atoms with Crippen LogP contribution in [0.15, 0.2) is 24.7 Å². The van der Waals surface area contributed by atoms with Gasteiger partial charge in [-0.25, -0.2) is 15.0 Å². The molecule has 0 aliphatic rings. The highest BCUT2D eigenvalue weighted by atomic mass is 35.5. The first-order chi connectivity index (χ1) is 8.15. The molecule has 0 saturated heterocycles. The molecule has 0 aliphatic carbocycles. The number of nitrogens with one attached hydrogen (secondary N) is 1. The van der Waals surface area contributed by atoms with E-state index in [2.05, 4.69) is 25.3 Å². The van der Waals surface area contributed by atoms with Gasteiger partial charge in [0.25, 0.3) is 5.91 Å². The number of anilines is 1. The van der Waals surface area contributed by atoms with Crippen molar-refractivity contribution in [2.75, 3.05) is 5.32 Å². The van der Waals surface area contributed by atoms with Crippen LogP contribution in [0.5, 0.6) is 0 Å². The number of aryl methyl sites for hydroxylation is 1. The standard InChI is InChI=1S/C10H8ClN5O/c1-6-4-8(11)15-10(14-6)16-9(17)7-5-12-2-3-13-7/h2-5H,1H3,(H,14,15,16,17). The lowest BCUT2D eigenvalue weighted by atomic mass is 10.4. The van der Waals surface area contributed by atoms with Crippen LogP contribution in [-0.4, -0.2) is 25.8 Å². The third-order valence-corrected chi connectivity index (χ3v) is 2.04. The van der Waals surface area contributed by atoms with Gasteiger partial charge in [0.05, 0.1) is 6.20 Å². The Bertz CT molecular complexity index is 525. The first-order valence-corrected chi connectivity index (χ1v) is 5.11. The third kappa shape index (κ3) is 2.94. The number of carbonyl (C=O) groups excluding carboxylic acids is 1. The normalized spacial score (nSPS) is 10.0. The fourth-order valence-corrected chi connectivity index (χ4v) is 1.41. The molecule has 0 saturated carbocycles. The number of carbonyl (C=O) groups is 1. The summed E-state index contributed by atoms with van der Waals surface area (Å²) in [6, 6.07) is 1.60. The Morgan fingerprint density at radius 1 is 1.35 bits per heavy atom. The molecule has 1 N–H and O–H groups in total. The topological polar surface area (TPSA) is 80.7 Å². The minimum absolute atomic E-state index is 0.144. The average molecular weight is 250 g/mol. The molecule has 0 radical (unpaired) electrons. The number of nitrogens with zero attached hydrogens (tertiary/aromatic N) is 4. The lowest BCUT2D eigenvalue weighted by molar-refractivity contribution is 0.102. The molecule has 2 rings (SSSR count). The van der Waals surface area contributed by atoms with E-state index < -0.39 is 5.91 Å². The summed E-state index contributed by atoms with van der Waals surface area (Å²) in [5, 5.41) is 2.76. The minimum Gasteiger partial charge on any atom is -0.289 e. The maximum absolute atomic E-state index is 11.7. The van der Waals surface area contributed by atoms with Gasteiger partial charge in [-0.1, -0.05) is 11.6 Å². The Labute approximate surface area is 102 Å². The van der Waals surface area contributed by atoms with Gasteiger partial charge < -0.3 is 0 Å². The fraction of sp³-hybridized carbons (Fsp3) is 0.100. The Kier molecular flexibility index (Phi) is 3.24. The van der Waals surface area contributed by atoms with Gasteiger partial charge in [0.1, 0.15) is 10.8 Å². The number of aromatic nitrogens is 4. The summed E-state index contributed by atoms with van der Waals surface area (Å²) in [5.74, 6) is -0.287. The van der Waals surface area contributed by atoms with Crippen LogP contribution >= 0.6 is 11.6 Å². The third-order valence-electron chi connectivity index (χ3n) is 1.84. The molecule has 86 valence electrons. The zero-order valence-corrected chi connectivity index (χ0v) is 9.64. The van der Waals surface area contributed by atoms with Crippen molar-refractivity contribution >= 4 is 23.5 Å². The van der Waals surface area contributed by atoms with Crippen LogP contribution in [-0.2, 0) is 0 Å². The molecular formula is C10H8ClN5O. The largest absolute Gasteiger partial charge is 0.289 e. The minimum atomic E-state index is -0.431. The Morgan fingerprint density at radius 3 is 2.82 bits per heavy atom. The van der Waals surface area contributed by atoms with Crippen molar-refractivity contribution in [1.29, 1.82) is 0 Å². The van der Waals surface area contributed by atoms with E-state index in [0.717, 1.165) is 0 Å². The zero-order valence-electron chi connectivity index (χ0n) is 8.88. The van der Waals surface area contributed by atoms with E-state index in [1.807, 2.05) is 0 Å². The Hall–Kier alpha value is -2.08. The van der Waals surface area contributed by atoms with Crippen LogP contribution in [0.25, 0.3) is 0 Å². The number of amides is 1. The first kappa shape index (κ1) is 11.4. The summed E-state index contributed by atoms with van der Waals surface area (Å²) in [7, 11) is 0. The number of hydrogen-bond acceptors (Lipinski definition) is 5. The van der Waals surface area contributed by atoms with Crippen LogP contribution in [0.2, 0.25) is 5.15 Å². The summed E-state index contributed by atoms with van der Waals surface area (Å²) in [5.41, 5.74) is 0.855. The van der Waals surface area contributed by atoms with Crippen LogP contribution in [0, 0.1) is 6.92 Å². The molecule has 0 aromatic carbocycles. The van der Waals surface area contributed by atoms with E-state index in [-0.39, 0.29) is 16.8 Å². The molecule has 0 unspecified atom stereocenters. The van der Waals surface area contributed by atoms with Crippen LogP contribution in [0.1, 0.15) is 16.2 Å². The van der Waals surface area contributed by atoms with Crippen LogP contribution in [0.4, 0.5) is 5.95 Å². The van der Waals surface area contributed by atoms with Gasteiger partial charge in [0.15, 0.2) is 0 Å². The second kappa shape index (κ2) is 4.84. The molecule has 6 nitrogen and oxygen atoms in total. The molecule has 2 aromatic heterocycles. The van der Waals surface area contributed by atoms with Crippen molar-refractivity contribution in [3.05, 3.63) is 41.2 Å². The van der Waals surface area contributed by atoms with Gasteiger partial charge in [0, 0.05) is 18.1 Å². The molecular weight excluding hydrogens is 242 g/mol. The average Bonchev–Trinajstić information content (AvgIpc) is 2.28. The van der Waals surface area contributed by atoms with Crippen LogP contribution in [0.3, 0.4) is 0 Å². The zero-order chi connectivity index (χ0) is 12.3. The summed E-state index contributed by atoms with van der Waals surface area (Å²) < 4.78 is 0. The van der Waals surface area contributed by atoms with E-state index in [9.17, 15) is 4.79 Å². The first-order valence-electron chi connectivity index (χ1n) is 4.74. The van der Waals surface area contributed by atoms with Crippen molar-refractivity contribution in [3.8, 4) is 0 Å². The summed E-state index contributed by atoms with van der Waals surface area (Å²) >= 11 is 5.75. The van der Waals surface area contributed by atoms with E-state index in [4.69, 9.17) is 11.6 Å². The molecule has 0 atom stereocenters. The molecule has 0 fully saturated rings. The van der Waals surface area contributed by atoms with Gasteiger partial charge in [-0.2, -0.15) is 0 Å². The molecule has 2 heterocycles. The van der Waals surface area contributed by atoms with Crippen molar-refractivity contribution in [2.45, 2.75) is 6.92 Å². The van der Waals surface area contributed by atoms with Gasteiger partial charge in [-0.05, 0) is 13.0 Å². The molecule has 0 spiro atoms. The van der Waals surface area contributed by atoms with E-state index in [1.165, 1.54) is 18.6 Å². The van der Waals surface area contributed by atoms with Crippen molar-refractivity contribution in [2.24, 2.45) is 0 Å². The predicted molar refractivity (Wildman–Crippen MR) is 61.8 cm³/mol. The van der Waals surface area contributed by atoms with Gasteiger partial charge in [-0.3, -0.25) is 15.1 Å². The lowest BCUT2D eigenvalue weighted by Gasteiger charge is -2.03. The highest BCUT2D eigenvalue weighted by molar-refractivity contribution is 6.29. The maximum atomic E-state index is 11.7. The molecule has 1 amide bonds. The smallest absolute Gasteiger partial charge is 0.278 e. The Morgan fingerprint density at radius 2 is 2.18 bits per heavy atom. The molecule has 0 bridgehead atoms. The lowest BCUT2D eigenvalue weighted by Crippen LogP contribution is -2.16. The second-order valence-electron chi connectivity index (χ2n) is 3.20. The Balaban J connectivity index is 2.19. The quantitative estimate of drug-likeness (QED) is 0.816. The van der Waals surface area contributed by atoms with E-state index >= 15 is 0 Å². The van der Waals surface area contributed by atoms with Gasteiger partial charge in [0.2, 0.25) is 5.95 Å². The summed E-state index contributed by atoms with van der Waals surface area (Å²) in [6.45, 7) is 1.76. The van der Waals surface area contributed by atoms with E-state index in [1.54, 1.807) is 13.0 Å². The number of hydrogen-bond donors (Lipinski definition) is 1. The van der Waals surface area contributed by atoms with Crippen molar-refractivity contribution < 1.29 is 4.79 Å². The van der Waals surface area contributed by atoms with E-state index in [0.29, 0.717) is 5.69 Å². The summed E-state index contributed by atoms with van der Waals surface area (Å²) in [6.07, 6.45) is 4.27. The SMILES string of the molecule is Cc1cc(Cl)nc(NC(=O)c2cnccn2)n1. The number of halogens is 1. The highest BCUT2D eigenvalue weighted by Crippen LogP contribution is 2.10. The monoisotopic (exact) mass is 249 g/mol. The van der Waals surface area contributed by atoms with Gasteiger partial charge in [-0.15, -0.1) is 0 Å². The molecule has 7 heteroatoms. The maximum Gasteiger partial charge on any atom is 0.278 e. The second-order valence-corrected chi connectivity index (χ2v) is 3.59.